The van der Waals surface area contributed by atoms with Crippen LogP contribution in [-0.2, 0) is 0 Å². The summed E-state index contributed by atoms with van der Waals surface area (Å²) < 4.78 is 2.06. The molecule has 80 valence electrons. The summed E-state index contributed by atoms with van der Waals surface area (Å²) in [5.41, 5.74) is 1.13. The molecule has 0 aliphatic heterocycles. The van der Waals surface area contributed by atoms with Gasteiger partial charge in [0.15, 0.2) is 0 Å². The van der Waals surface area contributed by atoms with Gasteiger partial charge < -0.3 is 5.11 Å². The number of hydrogen-bond acceptors (Lipinski definition) is 2. The second-order valence-electron chi connectivity index (χ2n) is 4.56. The van der Waals surface area contributed by atoms with Crippen LogP contribution < -0.4 is 0 Å². The van der Waals surface area contributed by atoms with E-state index in [0.29, 0.717) is 0 Å². The molecule has 1 aromatic heterocycles. The third kappa shape index (κ3) is 3.65. The first-order valence-electron chi connectivity index (χ1n) is 4.42. The summed E-state index contributed by atoms with van der Waals surface area (Å²) in [6.07, 6.45) is 0.390. The maximum atomic E-state index is 10.0. The molecule has 4 heteroatoms. The summed E-state index contributed by atoms with van der Waals surface area (Å²) in [7, 11) is 0. The smallest absolute Gasteiger partial charge is 0.0814 e. The molecule has 0 spiro atoms. The minimum absolute atomic E-state index is 0.146. The number of aliphatic hydroxyl groups is 1. The number of aliphatic hydroxyl groups excluding tert-OH is 1. The van der Waals surface area contributed by atoms with Crippen molar-refractivity contribution in [1.29, 1.82) is 0 Å². The van der Waals surface area contributed by atoms with Gasteiger partial charge in [-0.25, -0.2) is 0 Å². The molecule has 0 aliphatic rings. The number of thiophene rings is 1. The van der Waals surface area contributed by atoms with Crippen molar-refractivity contribution in [3.05, 3.63) is 19.2 Å². The van der Waals surface area contributed by atoms with E-state index in [9.17, 15) is 5.11 Å². The molecule has 1 N–H and O–H groups in total. The summed E-state index contributed by atoms with van der Waals surface area (Å²) in [6, 6.07) is 1.98. The van der Waals surface area contributed by atoms with Gasteiger partial charge in [-0.3, -0.25) is 0 Å². The van der Waals surface area contributed by atoms with Gasteiger partial charge in [-0.2, -0.15) is 0 Å². The van der Waals surface area contributed by atoms with Crippen LogP contribution in [0.1, 0.15) is 38.9 Å². The Balaban J connectivity index is 2.79. The molecular weight excluding hydrogens is 328 g/mol. The third-order valence-electron chi connectivity index (χ3n) is 1.85. The molecule has 1 nitrogen and oxygen atoms in total. The van der Waals surface area contributed by atoms with Gasteiger partial charge in [-0.05, 0) is 49.8 Å². The van der Waals surface area contributed by atoms with Crippen molar-refractivity contribution in [2.45, 2.75) is 33.3 Å². The lowest BCUT2D eigenvalue weighted by Gasteiger charge is -2.22. The van der Waals surface area contributed by atoms with Crippen LogP contribution in [0.25, 0.3) is 0 Å². The van der Waals surface area contributed by atoms with Gasteiger partial charge in [0.25, 0.3) is 0 Å². The van der Waals surface area contributed by atoms with Crippen LogP contribution in [0.15, 0.2) is 13.6 Å². The molecule has 0 aromatic carbocycles. The molecule has 1 aromatic rings. The Bertz CT molecular complexity index is 314. The Kier molecular flexibility index (Phi) is 4.21. The van der Waals surface area contributed by atoms with Crippen LogP contribution in [0.5, 0.6) is 0 Å². The van der Waals surface area contributed by atoms with Crippen molar-refractivity contribution in [2.24, 2.45) is 5.41 Å². The lowest BCUT2D eigenvalue weighted by Crippen LogP contribution is -2.11. The molecular formula is C10H14Br2OS. The molecule has 0 aliphatic carbocycles. The van der Waals surface area contributed by atoms with Gasteiger partial charge in [0.05, 0.1) is 13.7 Å². The quantitative estimate of drug-likeness (QED) is 0.823. The molecule has 14 heavy (non-hydrogen) atoms. The minimum Gasteiger partial charge on any atom is -0.388 e. The first-order chi connectivity index (χ1) is 6.29. The fraction of sp³-hybridized carbons (Fsp3) is 0.600. The predicted octanol–water partition coefficient (Wildman–Crippen LogP) is 4.74. The standard InChI is InChI=1S/C10H14Br2OS/c1-10(2,3)5-7(13)6-4-8(11)14-9(6)12/h4,7,13H,5H2,1-3H3. The van der Waals surface area contributed by atoms with E-state index in [1.807, 2.05) is 6.07 Å². The van der Waals surface area contributed by atoms with E-state index in [-0.39, 0.29) is 11.5 Å². The predicted molar refractivity (Wildman–Crippen MR) is 68.8 cm³/mol. The number of hydrogen-bond donors (Lipinski definition) is 1. The van der Waals surface area contributed by atoms with E-state index in [1.165, 1.54) is 0 Å². The Morgan fingerprint density at radius 1 is 1.43 bits per heavy atom. The lowest BCUT2D eigenvalue weighted by molar-refractivity contribution is 0.122. The van der Waals surface area contributed by atoms with Crippen molar-refractivity contribution in [3.8, 4) is 0 Å². The van der Waals surface area contributed by atoms with E-state index in [2.05, 4.69) is 52.6 Å². The fourth-order valence-corrected chi connectivity index (χ4v) is 4.23. The second-order valence-corrected chi connectivity index (χ2v) is 8.31. The van der Waals surface area contributed by atoms with E-state index >= 15 is 0 Å². The molecule has 1 unspecified atom stereocenters. The maximum Gasteiger partial charge on any atom is 0.0814 e. The largest absolute Gasteiger partial charge is 0.388 e. The highest BCUT2D eigenvalue weighted by atomic mass is 79.9. The van der Waals surface area contributed by atoms with Crippen molar-refractivity contribution in [2.75, 3.05) is 0 Å². The number of rotatable bonds is 2. The summed E-state index contributed by atoms with van der Waals surface area (Å²) in [6.45, 7) is 6.39. The lowest BCUT2D eigenvalue weighted by atomic mass is 9.87. The first-order valence-corrected chi connectivity index (χ1v) is 6.82. The van der Waals surface area contributed by atoms with Crippen molar-refractivity contribution in [3.63, 3.8) is 0 Å². The van der Waals surface area contributed by atoms with E-state index in [0.717, 1.165) is 19.6 Å². The van der Waals surface area contributed by atoms with Crippen molar-refractivity contribution < 1.29 is 5.11 Å². The van der Waals surface area contributed by atoms with Gasteiger partial charge in [-0.15, -0.1) is 11.3 Å². The van der Waals surface area contributed by atoms with E-state index in [4.69, 9.17) is 0 Å². The zero-order valence-electron chi connectivity index (χ0n) is 8.47. The first kappa shape index (κ1) is 12.7. The molecule has 0 fully saturated rings. The van der Waals surface area contributed by atoms with Crippen LogP contribution in [0.2, 0.25) is 0 Å². The van der Waals surface area contributed by atoms with Gasteiger partial charge in [0, 0.05) is 5.56 Å². The summed E-state index contributed by atoms with van der Waals surface area (Å²) >= 11 is 8.46. The van der Waals surface area contributed by atoms with Crippen LogP contribution in [0.3, 0.4) is 0 Å². The summed E-state index contributed by atoms with van der Waals surface area (Å²) in [4.78, 5) is 0. The van der Waals surface area contributed by atoms with Crippen LogP contribution in [0, 0.1) is 5.41 Å². The highest BCUT2D eigenvalue weighted by molar-refractivity contribution is 9.12. The van der Waals surface area contributed by atoms with Gasteiger partial charge in [0.2, 0.25) is 0 Å². The Morgan fingerprint density at radius 3 is 2.36 bits per heavy atom. The SMILES string of the molecule is CC(C)(C)CC(O)c1cc(Br)sc1Br. The fourth-order valence-electron chi connectivity index (χ4n) is 1.27. The van der Waals surface area contributed by atoms with Crippen LogP contribution >= 0.6 is 43.2 Å². The van der Waals surface area contributed by atoms with Crippen molar-refractivity contribution >= 4 is 43.2 Å². The normalized spacial score (nSPS) is 14.4. The topological polar surface area (TPSA) is 20.2 Å². The average Bonchev–Trinajstić information content (AvgIpc) is 2.26. The second kappa shape index (κ2) is 4.64. The molecule has 0 saturated carbocycles. The Hall–Kier alpha value is 0.620. The number of halogens is 2. The van der Waals surface area contributed by atoms with Gasteiger partial charge >= 0.3 is 0 Å². The van der Waals surface area contributed by atoms with Gasteiger partial charge in [0.1, 0.15) is 0 Å². The molecule has 0 radical (unpaired) electrons. The highest BCUT2D eigenvalue weighted by Gasteiger charge is 2.21. The Labute approximate surface area is 106 Å². The third-order valence-corrected chi connectivity index (χ3v) is 4.23. The van der Waals surface area contributed by atoms with Gasteiger partial charge in [-0.1, -0.05) is 20.8 Å². The monoisotopic (exact) mass is 340 g/mol. The molecule has 0 amide bonds. The van der Waals surface area contributed by atoms with Crippen LogP contribution in [-0.4, -0.2) is 5.11 Å². The maximum absolute atomic E-state index is 10.0. The van der Waals surface area contributed by atoms with Crippen LogP contribution in [0.4, 0.5) is 0 Å². The minimum atomic E-state index is -0.382. The average molecular weight is 342 g/mol. The molecule has 1 atom stereocenters. The molecule has 0 saturated heterocycles. The molecule has 1 heterocycles. The summed E-state index contributed by atoms with van der Waals surface area (Å²) in [5, 5.41) is 10.0. The Morgan fingerprint density at radius 2 is 2.00 bits per heavy atom. The van der Waals surface area contributed by atoms with E-state index < -0.39 is 0 Å². The summed E-state index contributed by atoms with van der Waals surface area (Å²) in [5.74, 6) is 0. The van der Waals surface area contributed by atoms with E-state index in [1.54, 1.807) is 11.3 Å². The molecule has 0 bridgehead atoms. The zero-order chi connectivity index (χ0) is 10.9. The highest BCUT2D eigenvalue weighted by Crippen LogP contribution is 2.39. The zero-order valence-corrected chi connectivity index (χ0v) is 12.5. The molecule has 1 rings (SSSR count). The van der Waals surface area contributed by atoms with Crippen molar-refractivity contribution in [1.82, 2.24) is 0 Å².